The number of pyridine rings is 1. The van der Waals surface area contributed by atoms with Crippen LogP contribution in [0.15, 0.2) is 41.0 Å². The summed E-state index contributed by atoms with van der Waals surface area (Å²) in [4.78, 5) is 3.89. The van der Waals surface area contributed by atoms with Crippen LogP contribution in [-0.2, 0) is 0 Å². The molecule has 0 fully saturated rings. The lowest BCUT2D eigenvalue weighted by Crippen LogP contribution is -1.89. The van der Waals surface area contributed by atoms with Crippen LogP contribution in [0.25, 0.3) is 11.1 Å². The number of hydrogen-bond acceptors (Lipinski definition) is 2. The van der Waals surface area contributed by atoms with Gasteiger partial charge in [0, 0.05) is 16.2 Å². The third-order valence-electron chi connectivity index (χ3n) is 2.18. The van der Waals surface area contributed by atoms with E-state index in [9.17, 15) is 0 Å². The van der Waals surface area contributed by atoms with E-state index in [0.717, 1.165) is 15.6 Å². The minimum Gasteiger partial charge on any atom is -0.243 e. The van der Waals surface area contributed by atoms with Gasteiger partial charge in [-0.15, -0.1) is 0 Å². The van der Waals surface area contributed by atoms with Crippen molar-refractivity contribution in [3.8, 4) is 17.2 Å². The van der Waals surface area contributed by atoms with E-state index in [4.69, 9.17) is 16.9 Å². The third kappa shape index (κ3) is 1.95. The van der Waals surface area contributed by atoms with E-state index in [0.29, 0.717) is 5.56 Å². The first-order valence-corrected chi connectivity index (χ1v) is 5.70. The molecule has 2 nitrogen and oxygen atoms in total. The fourth-order valence-electron chi connectivity index (χ4n) is 1.45. The maximum atomic E-state index is 9.06. The molecule has 0 aliphatic heterocycles. The Morgan fingerprint density at radius 2 is 1.94 bits per heavy atom. The molecule has 1 heterocycles. The van der Waals surface area contributed by atoms with Crippen LogP contribution >= 0.6 is 27.5 Å². The van der Waals surface area contributed by atoms with Crippen molar-refractivity contribution < 1.29 is 0 Å². The maximum Gasteiger partial charge on any atom is 0.147 e. The van der Waals surface area contributed by atoms with Gasteiger partial charge in [0.2, 0.25) is 0 Å². The highest BCUT2D eigenvalue weighted by molar-refractivity contribution is 9.10. The molecule has 0 amide bonds. The Morgan fingerprint density at radius 3 is 2.62 bits per heavy atom. The minimum atomic E-state index is 0.232. The largest absolute Gasteiger partial charge is 0.243 e. The first-order valence-electron chi connectivity index (χ1n) is 4.53. The van der Waals surface area contributed by atoms with Crippen LogP contribution in [-0.4, -0.2) is 4.98 Å². The molecule has 16 heavy (non-hydrogen) atoms. The summed E-state index contributed by atoms with van der Waals surface area (Å²) in [6, 6.07) is 11.5. The Hall–Kier alpha value is -1.37. The average molecular weight is 294 g/mol. The molecule has 0 N–H and O–H groups in total. The van der Waals surface area contributed by atoms with Crippen molar-refractivity contribution in [1.82, 2.24) is 4.98 Å². The number of nitrogens with zero attached hydrogens (tertiary/aromatic N) is 2. The highest BCUT2D eigenvalue weighted by atomic mass is 79.9. The fourth-order valence-corrected chi connectivity index (χ4v) is 2.15. The molecule has 0 saturated carbocycles. The van der Waals surface area contributed by atoms with Gasteiger partial charge in [-0.05, 0) is 17.7 Å². The Balaban J connectivity index is 2.71. The van der Waals surface area contributed by atoms with Gasteiger partial charge >= 0.3 is 0 Å². The van der Waals surface area contributed by atoms with Gasteiger partial charge in [-0.1, -0.05) is 45.7 Å². The van der Waals surface area contributed by atoms with Gasteiger partial charge in [0.25, 0.3) is 0 Å². The first-order chi connectivity index (χ1) is 7.74. The standard InChI is InChI=1S/C12H6BrClN2/c13-11-4-2-1-3-9(11)8-5-6-16-12(14)10(8)7-15/h1-6H. The lowest BCUT2D eigenvalue weighted by molar-refractivity contribution is 1.30. The Bertz CT molecular complexity index is 575. The smallest absolute Gasteiger partial charge is 0.147 e. The molecule has 0 bridgehead atoms. The zero-order chi connectivity index (χ0) is 11.5. The van der Waals surface area contributed by atoms with Crippen molar-refractivity contribution in [3.05, 3.63) is 51.7 Å². The van der Waals surface area contributed by atoms with Crippen molar-refractivity contribution in [1.29, 1.82) is 5.26 Å². The monoisotopic (exact) mass is 292 g/mol. The fraction of sp³-hybridized carbons (Fsp3) is 0. The zero-order valence-corrected chi connectivity index (χ0v) is 10.5. The summed E-state index contributed by atoms with van der Waals surface area (Å²) in [5.41, 5.74) is 2.12. The van der Waals surface area contributed by atoms with E-state index in [1.54, 1.807) is 12.3 Å². The Labute approximate surface area is 107 Å². The molecule has 4 heteroatoms. The second-order valence-electron chi connectivity index (χ2n) is 3.12. The quantitative estimate of drug-likeness (QED) is 0.744. The summed E-state index contributed by atoms with van der Waals surface area (Å²) in [6.45, 7) is 0. The normalized spacial score (nSPS) is 9.81. The van der Waals surface area contributed by atoms with Gasteiger partial charge in [-0.25, -0.2) is 4.98 Å². The van der Waals surface area contributed by atoms with Gasteiger partial charge in [-0.3, -0.25) is 0 Å². The van der Waals surface area contributed by atoms with Gasteiger partial charge in [0.05, 0.1) is 5.56 Å². The highest BCUT2D eigenvalue weighted by Gasteiger charge is 2.11. The molecular weight excluding hydrogens is 288 g/mol. The van der Waals surface area contributed by atoms with Crippen molar-refractivity contribution in [2.45, 2.75) is 0 Å². The van der Waals surface area contributed by atoms with Crippen LogP contribution in [0, 0.1) is 11.3 Å². The summed E-state index contributed by atoms with van der Waals surface area (Å²) >= 11 is 9.33. The van der Waals surface area contributed by atoms with Gasteiger partial charge in [0.1, 0.15) is 11.2 Å². The molecule has 0 saturated heterocycles. The van der Waals surface area contributed by atoms with Crippen LogP contribution in [0.5, 0.6) is 0 Å². The predicted molar refractivity (Wildman–Crippen MR) is 67.1 cm³/mol. The molecule has 78 valence electrons. The average Bonchev–Trinajstić information content (AvgIpc) is 2.29. The Kier molecular flexibility index (Phi) is 3.23. The van der Waals surface area contributed by atoms with E-state index in [1.165, 1.54) is 0 Å². The van der Waals surface area contributed by atoms with Gasteiger partial charge in [-0.2, -0.15) is 5.26 Å². The van der Waals surface area contributed by atoms with Crippen molar-refractivity contribution >= 4 is 27.5 Å². The topological polar surface area (TPSA) is 36.7 Å². The van der Waals surface area contributed by atoms with Crippen molar-refractivity contribution in [2.75, 3.05) is 0 Å². The first kappa shape index (κ1) is 11.1. The van der Waals surface area contributed by atoms with E-state index in [1.807, 2.05) is 24.3 Å². The number of benzene rings is 1. The SMILES string of the molecule is N#Cc1c(-c2ccccc2Br)ccnc1Cl. The number of hydrogen-bond donors (Lipinski definition) is 0. The lowest BCUT2D eigenvalue weighted by Gasteiger charge is -2.06. The maximum absolute atomic E-state index is 9.06. The number of aromatic nitrogens is 1. The summed E-state index contributed by atoms with van der Waals surface area (Å²) in [6.07, 6.45) is 1.60. The second-order valence-corrected chi connectivity index (χ2v) is 4.33. The number of rotatable bonds is 1. The summed E-state index contributed by atoms with van der Waals surface area (Å²) < 4.78 is 0.925. The number of halogens is 2. The molecule has 0 atom stereocenters. The molecule has 1 aromatic heterocycles. The zero-order valence-electron chi connectivity index (χ0n) is 8.11. The van der Waals surface area contributed by atoms with Crippen LogP contribution in [0.4, 0.5) is 0 Å². The molecular formula is C12H6BrClN2. The summed E-state index contributed by atoms with van der Waals surface area (Å²) in [5, 5.41) is 9.29. The minimum absolute atomic E-state index is 0.232. The van der Waals surface area contributed by atoms with Gasteiger partial charge in [0.15, 0.2) is 0 Å². The summed E-state index contributed by atoms with van der Waals surface area (Å²) in [5.74, 6) is 0. The molecule has 0 aliphatic carbocycles. The van der Waals surface area contributed by atoms with E-state index >= 15 is 0 Å². The molecule has 1 aromatic carbocycles. The highest BCUT2D eigenvalue weighted by Crippen LogP contribution is 2.32. The summed E-state index contributed by atoms with van der Waals surface area (Å²) in [7, 11) is 0. The molecule has 0 aliphatic rings. The van der Waals surface area contributed by atoms with Gasteiger partial charge < -0.3 is 0 Å². The molecule has 0 spiro atoms. The molecule has 0 unspecified atom stereocenters. The second kappa shape index (κ2) is 4.65. The van der Waals surface area contributed by atoms with Crippen molar-refractivity contribution in [3.63, 3.8) is 0 Å². The number of nitriles is 1. The van der Waals surface area contributed by atoms with Crippen LogP contribution in [0.3, 0.4) is 0 Å². The third-order valence-corrected chi connectivity index (χ3v) is 3.16. The lowest BCUT2D eigenvalue weighted by atomic mass is 10.0. The predicted octanol–water partition coefficient (Wildman–Crippen LogP) is 4.04. The van der Waals surface area contributed by atoms with Crippen molar-refractivity contribution in [2.24, 2.45) is 0 Å². The van der Waals surface area contributed by atoms with E-state index in [-0.39, 0.29) is 5.15 Å². The van der Waals surface area contributed by atoms with Crippen LogP contribution < -0.4 is 0 Å². The Morgan fingerprint density at radius 1 is 1.19 bits per heavy atom. The molecule has 2 rings (SSSR count). The molecule has 2 aromatic rings. The van der Waals surface area contributed by atoms with Crippen LogP contribution in [0.2, 0.25) is 5.15 Å². The van der Waals surface area contributed by atoms with E-state index < -0.39 is 0 Å². The molecule has 0 radical (unpaired) electrons. The van der Waals surface area contributed by atoms with E-state index in [2.05, 4.69) is 27.0 Å². The van der Waals surface area contributed by atoms with Crippen LogP contribution in [0.1, 0.15) is 5.56 Å².